The molecular weight excluding hydrogens is 138 g/mol. The standard InChI is InChI=1S/C9H15NO/c1-3-6-10-7-5-8(4-2)9(10)11/h4H,3,5-7H2,1-2H3/b8-4+. The number of hydrogen-bond donors (Lipinski definition) is 0. The molecule has 0 aliphatic carbocycles. The van der Waals surface area contributed by atoms with E-state index in [9.17, 15) is 4.79 Å². The predicted octanol–water partition coefficient (Wildman–Crippen LogP) is 1.58. The van der Waals surface area contributed by atoms with Crippen LogP contribution in [-0.4, -0.2) is 23.9 Å². The van der Waals surface area contributed by atoms with Gasteiger partial charge in [0.1, 0.15) is 0 Å². The van der Waals surface area contributed by atoms with E-state index in [0.717, 1.165) is 31.5 Å². The van der Waals surface area contributed by atoms with Gasteiger partial charge < -0.3 is 4.90 Å². The topological polar surface area (TPSA) is 20.3 Å². The smallest absolute Gasteiger partial charge is 0.249 e. The van der Waals surface area contributed by atoms with Crippen molar-refractivity contribution >= 4 is 5.91 Å². The van der Waals surface area contributed by atoms with E-state index < -0.39 is 0 Å². The molecule has 1 aliphatic rings. The third-order valence-corrected chi connectivity index (χ3v) is 2.05. The number of amides is 1. The molecule has 2 heteroatoms. The van der Waals surface area contributed by atoms with Gasteiger partial charge in [0.25, 0.3) is 0 Å². The Hall–Kier alpha value is -0.790. The molecule has 1 fully saturated rings. The summed E-state index contributed by atoms with van der Waals surface area (Å²) in [5.41, 5.74) is 0.985. The van der Waals surface area contributed by atoms with Gasteiger partial charge in [-0.1, -0.05) is 13.0 Å². The molecule has 0 spiro atoms. The summed E-state index contributed by atoms with van der Waals surface area (Å²) in [5, 5.41) is 0. The third-order valence-electron chi connectivity index (χ3n) is 2.05. The van der Waals surface area contributed by atoms with Crippen LogP contribution in [0.5, 0.6) is 0 Å². The second-order valence-corrected chi connectivity index (χ2v) is 2.86. The van der Waals surface area contributed by atoms with Gasteiger partial charge >= 0.3 is 0 Å². The van der Waals surface area contributed by atoms with Crippen LogP contribution < -0.4 is 0 Å². The van der Waals surface area contributed by atoms with Crippen molar-refractivity contribution < 1.29 is 4.79 Å². The van der Waals surface area contributed by atoms with Crippen LogP contribution >= 0.6 is 0 Å². The summed E-state index contributed by atoms with van der Waals surface area (Å²) >= 11 is 0. The van der Waals surface area contributed by atoms with Crippen LogP contribution in [0.15, 0.2) is 11.6 Å². The molecule has 2 nitrogen and oxygen atoms in total. The average molecular weight is 153 g/mol. The lowest BCUT2D eigenvalue weighted by Crippen LogP contribution is -2.25. The zero-order valence-electron chi connectivity index (χ0n) is 7.26. The lowest BCUT2D eigenvalue weighted by molar-refractivity contribution is -0.124. The maximum Gasteiger partial charge on any atom is 0.249 e. The van der Waals surface area contributed by atoms with Crippen LogP contribution in [0.4, 0.5) is 0 Å². The van der Waals surface area contributed by atoms with Gasteiger partial charge in [0.2, 0.25) is 5.91 Å². The lowest BCUT2D eigenvalue weighted by Gasteiger charge is -2.12. The zero-order chi connectivity index (χ0) is 8.27. The van der Waals surface area contributed by atoms with Gasteiger partial charge in [-0.3, -0.25) is 4.79 Å². The average Bonchev–Trinajstić information content (AvgIpc) is 2.34. The predicted molar refractivity (Wildman–Crippen MR) is 45.2 cm³/mol. The Morgan fingerprint density at radius 2 is 2.36 bits per heavy atom. The number of likely N-dealkylation sites (tertiary alicyclic amines) is 1. The molecule has 0 bridgehead atoms. The van der Waals surface area contributed by atoms with E-state index in [0.29, 0.717) is 0 Å². The quantitative estimate of drug-likeness (QED) is 0.551. The van der Waals surface area contributed by atoms with E-state index >= 15 is 0 Å². The fourth-order valence-electron chi connectivity index (χ4n) is 1.42. The molecule has 0 N–H and O–H groups in total. The largest absolute Gasteiger partial charge is 0.339 e. The first kappa shape index (κ1) is 8.31. The molecule has 1 amide bonds. The van der Waals surface area contributed by atoms with Gasteiger partial charge in [0.05, 0.1) is 0 Å². The highest BCUT2D eigenvalue weighted by atomic mass is 16.2. The van der Waals surface area contributed by atoms with Crippen molar-refractivity contribution in [3.8, 4) is 0 Å². The molecule has 0 aromatic rings. The molecule has 1 saturated heterocycles. The highest BCUT2D eigenvalue weighted by Gasteiger charge is 2.23. The highest BCUT2D eigenvalue weighted by molar-refractivity contribution is 5.95. The van der Waals surface area contributed by atoms with Crippen LogP contribution in [0.1, 0.15) is 26.7 Å². The number of hydrogen-bond acceptors (Lipinski definition) is 1. The van der Waals surface area contributed by atoms with Gasteiger partial charge in [0.15, 0.2) is 0 Å². The van der Waals surface area contributed by atoms with Crippen LogP contribution in [0, 0.1) is 0 Å². The SMILES string of the molecule is C/C=C1\CCN(CCC)C1=O. The van der Waals surface area contributed by atoms with E-state index in [1.54, 1.807) is 0 Å². The Kier molecular flexibility index (Phi) is 2.69. The Labute approximate surface area is 67.9 Å². The Bertz CT molecular complexity index is 184. The molecule has 0 aromatic carbocycles. The van der Waals surface area contributed by atoms with Crippen molar-refractivity contribution in [2.45, 2.75) is 26.7 Å². The molecule has 1 rings (SSSR count). The summed E-state index contributed by atoms with van der Waals surface area (Å²) in [6, 6.07) is 0. The molecule has 0 unspecified atom stereocenters. The second-order valence-electron chi connectivity index (χ2n) is 2.86. The number of carbonyl (C=O) groups is 1. The van der Waals surface area contributed by atoms with Crippen LogP contribution in [-0.2, 0) is 4.79 Å². The fraction of sp³-hybridized carbons (Fsp3) is 0.667. The van der Waals surface area contributed by atoms with Crippen molar-refractivity contribution in [3.05, 3.63) is 11.6 Å². The van der Waals surface area contributed by atoms with Crippen molar-refractivity contribution in [3.63, 3.8) is 0 Å². The molecule has 0 atom stereocenters. The summed E-state index contributed by atoms with van der Waals surface area (Å²) in [7, 11) is 0. The molecule has 1 aliphatic heterocycles. The van der Waals surface area contributed by atoms with Crippen molar-refractivity contribution in [2.24, 2.45) is 0 Å². The summed E-state index contributed by atoms with van der Waals surface area (Å²) in [5.74, 6) is 0.245. The fourth-order valence-corrected chi connectivity index (χ4v) is 1.42. The molecule has 0 aromatic heterocycles. The molecule has 0 radical (unpaired) electrons. The van der Waals surface area contributed by atoms with E-state index in [1.807, 2.05) is 17.9 Å². The van der Waals surface area contributed by atoms with Gasteiger partial charge in [-0.15, -0.1) is 0 Å². The minimum atomic E-state index is 0.245. The number of allylic oxidation sites excluding steroid dienone is 1. The van der Waals surface area contributed by atoms with E-state index in [1.165, 1.54) is 0 Å². The first-order chi connectivity index (χ1) is 5.29. The Balaban J connectivity index is 2.56. The summed E-state index contributed by atoms with van der Waals surface area (Å²) < 4.78 is 0. The first-order valence-corrected chi connectivity index (χ1v) is 4.24. The van der Waals surface area contributed by atoms with Crippen LogP contribution in [0.3, 0.4) is 0 Å². The minimum absolute atomic E-state index is 0.245. The number of rotatable bonds is 2. The van der Waals surface area contributed by atoms with Gasteiger partial charge in [0, 0.05) is 18.7 Å². The normalized spacial score (nSPS) is 21.8. The molecule has 62 valence electrons. The first-order valence-electron chi connectivity index (χ1n) is 4.24. The van der Waals surface area contributed by atoms with E-state index in [2.05, 4.69) is 6.92 Å². The monoisotopic (exact) mass is 153 g/mol. The van der Waals surface area contributed by atoms with Gasteiger partial charge in [-0.05, 0) is 19.8 Å². The molecule has 11 heavy (non-hydrogen) atoms. The summed E-state index contributed by atoms with van der Waals surface area (Å²) in [6.07, 6.45) is 3.93. The Morgan fingerprint density at radius 1 is 1.64 bits per heavy atom. The number of nitrogens with zero attached hydrogens (tertiary/aromatic N) is 1. The maximum atomic E-state index is 11.4. The van der Waals surface area contributed by atoms with Crippen molar-refractivity contribution in [1.82, 2.24) is 4.90 Å². The minimum Gasteiger partial charge on any atom is -0.339 e. The van der Waals surface area contributed by atoms with Crippen LogP contribution in [0.2, 0.25) is 0 Å². The van der Waals surface area contributed by atoms with Crippen LogP contribution in [0.25, 0.3) is 0 Å². The Morgan fingerprint density at radius 3 is 2.82 bits per heavy atom. The summed E-state index contributed by atoms with van der Waals surface area (Å²) in [4.78, 5) is 13.3. The highest BCUT2D eigenvalue weighted by Crippen LogP contribution is 2.16. The molecule has 0 saturated carbocycles. The maximum absolute atomic E-state index is 11.4. The zero-order valence-corrected chi connectivity index (χ0v) is 7.26. The molecular formula is C9H15NO. The van der Waals surface area contributed by atoms with Crippen molar-refractivity contribution in [1.29, 1.82) is 0 Å². The van der Waals surface area contributed by atoms with Gasteiger partial charge in [-0.25, -0.2) is 0 Å². The van der Waals surface area contributed by atoms with E-state index in [-0.39, 0.29) is 5.91 Å². The summed E-state index contributed by atoms with van der Waals surface area (Å²) in [6.45, 7) is 5.87. The molecule has 1 heterocycles. The number of carbonyl (C=O) groups excluding carboxylic acids is 1. The van der Waals surface area contributed by atoms with Gasteiger partial charge in [-0.2, -0.15) is 0 Å². The second kappa shape index (κ2) is 3.56. The third kappa shape index (κ3) is 1.62. The van der Waals surface area contributed by atoms with Crippen molar-refractivity contribution in [2.75, 3.05) is 13.1 Å². The van der Waals surface area contributed by atoms with E-state index in [4.69, 9.17) is 0 Å². The lowest BCUT2D eigenvalue weighted by atomic mass is 10.2.